The van der Waals surface area contributed by atoms with E-state index in [0.29, 0.717) is 28.5 Å². The van der Waals surface area contributed by atoms with Crippen LogP contribution in [0.5, 0.6) is 17.2 Å². The maximum Gasteiger partial charge on any atom is 0.269 e. The number of non-ortho nitro benzene ring substituents is 1. The van der Waals surface area contributed by atoms with E-state index in [-0.39, 0.29) is 11.6 Å². The summed E-state index contributed by atoms with van der Waals surface area (Å²) in [5.74, 6) is 1.31. The number of hydrogen-bond acceptors (Lipinski definition) is 5. The minimum absolute atomic E-state index is 0.0185. The highest BCUT2D eigenvalue weighted by atomic mass is 16.6. The summed E-state index contributed by atoms with van der Waals surface area (Å²) in [6.07, 6.45) is 0. The van der Waals surface area contributed by atoms with Gasteiger partial charge in [-0.05, 0) is 54.6 Å². The smallest absolute Gasteiger partial charge is 0.269 e. The minimum Gasteiger partial charge on any atom is -0.497 e. The van der Waals surface area contributed by atoms with Crippen LogP contribution in [0.15, 0.2) is 72.8 Å². The van der Waals surface area contributed by atoms with Crippen LogP contribution in [-0.4, -0.2) is 17.9 Å². The number of amides is 1. The highest BCUT2D eigenvalue weighted by Gasteiger charge is 2.09. The maximum absolute atomic E-state index is 12.4. The predicted octanol–water partition coefficient (Wildman–Crippen LogP) is 4.65. The normalized spacial score (nSPS) is 10.1. The highest BCUT2D eigenvalue weighted by Crippen LogP contribution is 2.25. The van der Waals surface area contributed by atoms with Crippen molar-refractivity contribution >= 4 is 17.3 Å². The SMILES string of the molecule is COc1ccc(NC(=O)c2cccc(Oc3ccc([N+](=O)[O-])cc3)c2)cc1. The molecule has 0 bridgehead atoms. The number of anilines is 1. The molecule has 0 aliphatic heterocycles. The molecule has 0 aliphatic carbocycles. The van der Waals surface area contributed by atoms with Gasteiger partial charge < -0.3 is 14.8 Å². The van der Waals surface area contributed by atoms with Crippen molar-refractivity contribution in [3.05, 3.63) is 88.5 Å². The van der Waals surface area contributed by atoms with Gasteiger partial charge in [-0.2, -0.15) is 0 Å². The topological polar surface area (TPSA) is 90.7 Å². The lowest BCUT2D eigenvalue weighted by Gasteiger charge is -2.09. The summed E-state index contributed by atoms with van der Waals surface area (Å²) in [5.41, 5.74) is 1.04. The molecule has 0 fully saturated rings. The van der Waals surface area contributed by atoms with Gasteiger partial charge in [-0.15, -0.1) is 0 Å². The van der Waals surface area contributed by atoms with Crippen LogP contribution in [0.4, 0.5) is 11.4 Å². The lowest BCUT2D eigenvalue weighted by atomic mass is 10.2. The third kappa shape index (κ3) is 4.60. The quantitative estimate of drug-likeness (QED) is 0.508. The van der Waals surface area contributed by atoms with Crippen molar-refractivity contribution in [1.29, 1.82) is 0 Å². The van der Waals surface area contributed by atoms with Gasteiger partial charge in [0.1, 0.15) is 17.2 Å². The number of hydrogen-bond donors (Lipinski definition) is 1. The summed E-state index contributed by atoms with van der Waals surface area (Å²) in [6.45, 7) is 0. The van der Waals surface area contributed by atoms with Crippen molar-refractivity contribution < 1.29 is 19.2 Å². The number of nitrogens with zero attached hydrogens (tertiary/aromatic N) is 1. The molecular formula is C20H16N2O5. The zero-order chi connectivity index (χ0) is 19.2. The lowest BCUT2D eigenvalue weighted by molar-refractivity contribution is -0.384. The highest BCUT2D eigenvalue weighted by molar-refractivity contribution is 6.04. The second-order valence-corrected chi connectivity index (χ2v) is 5.56. The van der Waals surface area contributed by atoms with E-state index < -0.39 is 4.92 Å². The first-order valence-corrected chi connectivity index (χ1v) is 8.03. The Morgan fingerprint density at radius 3 is 2.22 bits per heavy atom. The zero-order valence-electron chi connectivity index (χ0n) is 14.4. The van der Waals surface area contributed by atoms with Gasteiger partial charge in [0.25, 0.3) is 11.6 Å². The lowest BCUT2D eigenvalue weighted by Crippen LogP contribution is -2.11. The average molecular weight is 364 g/mol. The zero-order valence-corrected chi connectivity index (χ0v) is 14.4. The van der Waals surface area contributed by atoms with Crippen LogP contribution < -0.4 is 14.8 Å². The van der Waals surface area contributed by atoms with Crippen molar-refractivity contribution in [3.8, 4) is 17.2 Å². The Labute approximate surface area is 155 Å². The molecule has 7 nitrogen and oxygen atoms in total. The van der Waals surface area contributed by atoms with Gasteiger partial charge in [0.05, 0.1) is 12.0 Å². The van der Waals surface area contributed by atoms with Crippen LogP contribution in [0.3, 0.4) is 0 Å². The van der Waals surface area contributed by atoms with Crippen LogP contribution in [0.25, 0.3) is 0 Å². The summed E-state index contributed by atoms with van der Waals surface area (Å²) < 4.78 is 10.8. The first kappa shape index (κ1) is 17.9. The van der Waals surface area contributed by atoms with Crippen LogP contribution in [-0.2, 0) is 0 Å². The van der Waals surface area contributed by atoms with Gasteiger partial charge in [-0.25, -0.2) is 0 Å². The third-order valence-electron chi connectivity index (χ3n) is 3.73. The summed E-state index contributed by atoms with van der Waals surface area (Å²) in [4.78, 5) is 22.6. The van der Waals surface area contributed by atoms with Gasteiger partial charge in [0, 0.05) is 23.4 Å². The number of ether oxygens (including phenoxy) is 2. The monoisotopic (exact) mass is 364 g/mol. The molecule has 27 heavy (non-hydrogen) atoms. The van der Waals surface area contributed by atoms with Gasteiger partial charge in [-0.1, -0.05) is 6.07 Å². The summed E-state index contributed by atoms with van der Waals surface area (Å²) in [5, 5.41) is 13.5. The molecule has 0 aliphatic rings. The predicted molar refractivity (Wildman–Crippen MR) is 101 cm³/mol. The fourth-order valence-corrected chi connectivity index (χ4v) is 2.35. The van der Waals surface area contributed by atoms with E-state index in [9.17, 15) is 14.9 Å². The Kier molecular flexibility index (Phi) is 5.32. The summed E-state index contributed by atoms with van der Waals surface area (Å²) in [6, 6.07) is 19.4. The van der Waals surface area contributed by atoms with Crippen molar-refractivity contribution in [2.75, 3.05) is 12.4 Å². The summed E-state index contributed by atoms with van der Waals surface area (Å²) >= 11 is 0. The van der Waals surface area contributed by atoms with E-state index in [1.165, 1.54) is 24.3 Å². The molecule has 0 spiro atoms. The molecule has 0 unspecified atom stereocenters. The standard InChI is InChI=1S/C20H16N2O5/c1-26-17-9-5-15(6-10-17)21-20(23)14-3-2-4-19(13-14)27-18-11-7-16(8-12-18)22(24)25/h2-13H,1H3,(H,21,23). The number of carbonyl (C=O) groups excluding carboxylic acids is 1. The van der Waals surface area contributed by atoms with E-state index in [2.05, 4.69) is 5.32 Å². The molecule has 3 rings (SSSR count). The Morgan fingerprint density at radius 1 is 0.926 bits per heavy atom. The van der Waals surface area contributed by atoms with E-state index in [0.717, 1.165) is 0 Å². The minimum atomic E-state index is -0.478. The number of methoxy groups -OCH3 is 1. The number of nitro groups is 1. The Hall–Kier alpha value is -3.87. The molecule has 0 atom stereocenters. The van der Waals surface area contributed by atoms with Gasteiger partial charge >= 0.3 is 0 Å². The Balaban J connectivity index is 1.70. The first-order valence-electron chi connectivity index (χ1n) is 8.03. The van der Waals surface area contributed by atoms with E-state index in [1.807, 2.05) is 0 Å². The molecule has 0 aromatic heterocycles. The van der Waals surface area contributed by atoms with Crippen LogP contribution in [0.2, 0.25) is 0 Å². The molecule has 0 radical (unpaired) electrons. The number of carbonyl (C=O) groups is 1. The number of nitrogens with one attached hydrogen (secondary N) is 1. The molecule has 0 saturated carbocycles. The van der Waals surface area contributed by atoms with Crippen LogP contribution in [0.1, 0.15) is 10.4 Å². The van der Waals surface area contributed by atoms with E-state index >= 15 is 0 Å². The van der Waals surface area contributed by atoms with Crippen molar-refractivity contribution in [2.45, 2.75) is 0 Å². The Bertz CT molecular complexity index is 953. The average Bonchev–Trinajstić information content (AvgIpc) is 2.69. The van der Waals surface area contributed by atoms with Crippen LogP contribution >= 0.6 is 0 Å². The molecule has 1 N–H and O–H groups in total. The van der Waals surface area contributed by atoms with Crippen molar-refractivity contribution in [2.24, 2.45) is 0 Å². The molecule has 3 aromatic rings. The molecule has 136 valence electrons. The second-order valence-electron chi connectivity index (χ2n) is 5.56. The summed E-state index contributed by atoms with van der Waals surface area (Å²) in [7, 11) is 1.57. The van der Waals surface area contributed by atoms with Crippen molar-refractivity contribution in [1.82, 2.24) is 0 Å². The van der Waals surface area contributed by atoms with Crippen LogP contribution in [0, 0.1) is 10.1 Å². The molecule has 1 amide bonds. The number of nitro benzene ring substituents is 1. The van der Waals surface area contributed by atoms with Gasteiger partial charge in [0.2, 0.25) is 0 Å². The van der Waals surface area contributed by atoms with E-state index in [1.54, 1.807) is 55.6 Å². The second kappa shape index (κ2) is 8.01. The molecule has 0 saturated heterocycles. The number of benzene rings is 3. The fraction of sp³-hybridized carbons (Fsp3) is 0.0500. The number of rotatable bonds is 6. The molecule has 0 heterocycles. The van der Waals surface area contributed by atoms with E-state index in [4.69, 9.17) is 9.47 Å². The molecule has 3 aromatic carbocycles. The maximum atomic E-state index is 12.4. The van der Waals surface area contributed by atoms with Crippen molar-refractivity contribution in [3.63, 3.8) is 0 Å². The fourth-order valence-electron chi connectivity index (χ4n) is 2.35. The molecular weight excluding hydrogens is 348 g/mol. The molecule has 7 heteroatoms. The largest absolute Gasteiger partial charge is 0.497 e. The van der Waals surface area contributed by atoms with Gasteiger partial charge in [-0.3, -0.25) is 14.9 Å². The third-order valence-corrected chi connectivity index (χ3v) is 3.73. The van der Waals surface area contributed by atoms with Gasteiger partial charge in [0.15, 0.2) is 0 Å². The first-order chi connectivity index (χ1) is 13.0. The Morgan fingerprint density at radius 2 is 1.59 bits per heavy atom.